The van der Waals surface area contributed by atoms with Gasteiger partial charge in [-0.05, 0) is 44.0 Å². The number of aryl methyl sites for hydroxylation is 2. The molecule has 0 saturated carbocycles. The average Bonchev–Trinajstić information content (AvgIpc) is 2.29. The highest BCUT2D eigenvalue weighted by Gasteiger charge is 2.26. The molecule has 0 amide bonds. The third-order valence-electron chi connectivity index (χ3n) is 3.20. The van der Waals surface area contributed by atoms with E-state index in [4.69, 9.17) is 5.73 Å². The van der Waals surface area contributed by atoms with Gasteiger partial charge in [0.25, 0.3) is 0 Å². The number of halogens is 1. The average molecular weight is 244 g/mol. The second-order valence-corrected chi connectivity index (χ2v) is 4.88. The van der Waals surface area contributed by atoms with Crippen LogP contribution in [0.1, 0.15) is 29.3 Å². The first kappa shape index (κ1) is 12.7. The number of pyridine rings is 1. The number of nitrogens with zero attached hydrogens (tertiary/aromatic N) is 1. The van der Waals surface area contributed by atoms with Crippen LogP contribution in [0.15, 0.2) is 36.5 Å². The molecule has 2 nitrogen and oxygen atoms in total. The maximum absolute atomic E-state index is 12.9. The fourth-order valence-corrected chi connectivity index (χ4v) is 2.22. The Morgan fingerprint density at radius 1 is 1.17 bits per heavy atom. The highest BCUT2D eigenvalue weighted by Crippen LogP contribution is 2.28. The normalized spacial score (nSPS) is 14.3. The van der Waals surface area contributed by atoms with Gasteiger partial charge in [0.1, 0.15) is 5.82 Å². The van der Waals surface area contributed by atoms with E-state index in [0.717, 1.165) is 11.1 Å². The lowest BCUT2D eigenvalue weighted by molar-refractivity contribution is 0.565. The van der Waals surface area contributed by atoms with E-state index in [1.54, 1.807) is 6.07 Å². The van der Waals surface area contributed by atoms with Gasteiger partial charge < -0.3 is 5.73 Å². The Labute approximate surface area is 107 Å². The van der Waals surface area contributed by atoms with E-state index < -0.39 is 5.54 Å². The fraction of sp³-hybridized carbons (Fsp3) is 0.267. The zero-order valence-electron chi connectivity index (χ0n) is 10.9. The predicted molar refractivity (Wildman–Crippen MR) is 70.8 cm³/mol. The van der Waals surface area contributed by atoms with Crippen molar-refractivity contribution in [1.82, 2.24) is 4.98 Å². The van der Waals surface area contributed by atoms with Gasteiger partial charge >= 0.3 is 0 Å². The molecular formula is C15H17FN2. The van der Waals surface area contributed by atoms with Crippen molar-refractivity contribution in [2.24, 2.45) is 5.73 Å². The monoisotopic (exact) mass is 244 g/mol. The summed E-state index contributed by atoms with van der Waals surface area (Å²) in [5.41, 5.74) is 9.64. The Morgan fingerprint density at radius 2 is 1.89 bits per heavy atom. The molecule has 0 aliphatic heterocycles. The number of aromatic nitrogens is 1. The number of rotatable bonds is 2. The quantitative estimate of drug-likeness (QED) is 0.881. The van der Waals surface area contributed by atoms with Crippen LogP contribution in [0.3, 0.4) is 0 Å². The molecule has 1 aromatic carbocycles. The second-order valence-electron chi connectivity index (χ2n) is 4.88. The summed E-state index contributed by atoms with van der Waals surface area (Å²) in [5, 5.41) is 0. The standard InChI is InChI=1S/C15H17FN2/c1-10-4-6-13(11(2)8-10)15(3,17)14-7-5-12(16)9-18-14/h4-9H,17H2,1-3H3. The van der Waals surface area contributed by atoms with Gasteiger partial charge in [0.05, 0.1) is 17.4 Å². The first-order valence-electron chi connectivity index (χ1n) is 5.90. The SMILES string of the molecule is Cc1ccc(C(C)(N)c2ccc(F)cn2)c(C)c1. The number of hydrogen-bond acceptors (Lipinski definition) is 2. The van der Waals surface area contributed by atoms with Crippen molar-refractivity contribution in [3.63, 3.8) is 0 Å². The Balaban J connectivity index is 2.50. The highest BCUT2D eigenvalue weighted by atomic mass is 19.1. The molecule has 0 fully saturated rings. The summed E-state index contributed by atoms with van der Waals surface area (Å²) in [5.74, 6) is -0.352. The molecule has 1 unspecified atom stereocenters. The molecule has 0 aliphatic carbocycles. The lowest BCUT2D eigenvalue weighted by Crippen LogP contribution is -2.36. The van der Waals surface area contributed by atoms with Crippen LogP contribution in [0.4, 0.5) is 4.39 Å². The molecule has 1 atom stereocenters. The number of hydrogen-bond donors (Lipinski definition) is 1. The number of benzene rings is 1. The third-order valence-corrected chi connectivity index (χ3v) is 3.20. The second kappa shape index (κ2) is 4.50. The van der Waals surface area contributed by atoms with Gasteiger partial charge in [-0.25, -0.2) is 4.39 Å². The van der Waals surface area contributed by atoms with E-state index in [1.807, 2.05) is 32.9 Å². The van der Waals surface area contributed by atoms with Gasteiger partial charge in [-0.2, -0.15) is 0 Å². The summed E-state index contributed by atoms with van der Waals surface area (Å²) in [6, 6.07) is 9.14. The van der Waals surface area contributed by atoms with Crippen molar-refractivity contribution >= 4 is 0 Å². The van der Waals surface area contributed by atoms with E-state index in [9.17, 15) is 4.39 Å². The van der Waals surface area contributed by atoms with Crippen LogP contribution in [0.2, 0.25) is 0 Å². The molecule has 0 spiro atoms. The van der Waals surface area contributed by atoms with Crippen molar-refractivity contribution in [3.8, 4) is 0 Å². The maximum atomic E-state index is 12.9. The van der Waals surface area contributed by atoms with Crippen molar-refractivity contribution in [3.05, 3.63) is 64.7 Å². The molecule has 0 aliphatic rings. The molecule has 0 saturated heterocycles. The van der Waals surface area contributed by atoms with Crippen molar-refractivity contribution in [2.75, 3.05) is 0 Å². The van der Waals surface area contributed by atoms with Crippen LogP contribution in [0.5, 0.6) is 0 Å². The van der Waals surface area contributed by atoms with Crippen LogP contribution in [-0.2, 0) is 5.54 Å². The molecule has 0 bridgehead atoms. The van der Waals surface area contributed by atoms with Crippen molar-refractivity contribution in [1.29, 1.82) is 0 Å². The molecule has 2 rings (SSSR count). The summed E-state index contributed by atoms with van der Waals surface area (Å²) in [7, 11) is 0. The van der Waals surface area contributed by atoms with Gasteiger partial charge in [-0.15, -0.1) is 0 Å². The molecule has 1 aromatic heterocycles. The van der Waals surface area contributed by atoms with E-state index in [0.29, 0.717) is 5.69 Å². The minimum Gasteiger partial charge on any atom is -0.317 e. The van der Waals surface area contributed by atoms with E-state index in [1.165, 1.54) is 17.8 Å². The maximum Gasteiger partial charge on any atom is 0.141 e. The minimum atomic E-state index is -0.717. The van der Waals surface area contributed by atoms with Gasteiger partial charge in [0.2, 0.25) is 0 Å². The van der Waals surface area contributed by atoms with E-state index >= 15 is 0 Å². The fourth-order valence-electron chi connectivity index (χ4n) is 2.22. The first-order valence-corrected chi connectivity index (χ1v) is 5.90. The molecule has 2 N–H and O–H groups in total. The van der Waals surface area contributed by atoms with Crippen LogP contribution in [-0.4, -0.2) is 4.98 Å². The van der Waals surface area contributed by atoms with Gasteiger partial charge in [-0.3, -0.25) is 4.98 Å². The Hall–Kier alpha value is -1.74. The Morgan fingerprint density at radius 3 is 2.44 bits per heavy atom. The van der Waals surface area contributed by atoms with Gasteiger partial charge in [0.15, 0.2) is 0 Å². The lowest BCUT2D eigenvalue weighted by Gasteiger charge is -2.26. The zero-order valence-corrected chi connectivity index (χ0v) is 10.9. The predicted octanol–water partition coefficient (Wildman–Crippen LogP) is 3.06. The van der Waals surface area contributed by atoms with Crippen molar-refractivity contribution < 1.29 is 4.39 Å². The summed E-state index contributed by atoms with van der Waals surface area (Å²) in [4.78, 5) is 4.09. The minimum absolute atomic E-state index is 0.352. The van der Waals surface area contributed by atoms with Crippen LogP contribution < -0.4 is 5.73 Å². The Kier molecular flexibility index (Phi) is 3.18. The summed E-state index contributed by atoms with van der Waals surface area (Å²) < 4.78 is 12.9. The molecule has 0 radical (unpaired) electrons. The molecular weight excluding hydrogens is 227 g/mol. The van der Waals surface area contributed by atoms with Gasteiger partial charge in [-0.1, -0.05) is 23.8 Å². The lowest BCUT2D eigenvalue weighted by atomic mass is 9.85. The third kappa shape index (κ3) is 2.27. The zero-order chi connectivity index (χ0) is 13.3. The summed E-state index contributed by atoms with van der Waals surface area (Å²) >= 11 is 0. The topological polar surface area (TPSA) is 38.9 Å². The van der Waals surface area contributed by atoms with E-state index in [2.05, 4.69) is 11.1 Å². The smallest absolute Gasteiger partial charge is 0.141 e. The number of nitrogens with two attached hydrogens (primary N) is 1. The van der Waals surface area contributed by atoms with Crippen molar-refractivity contribution in [2.45, 2.75) is 26.3 Å². The largest absolute Gasteiger partial charge is 0.317 e. The molecule has 94 valence electrons. The van der Waals surface area contributed by atoms with Crippen LogP contribution in [0, 0.1) is 19.7 Å². The summed E-state index contributed by atoms with van der Waals surface area (Å²) in [6.07, 6.45) is 1.20. The first-order chi connectivity index (χ1) is 8.41. The Bertz CT molecular complexity index is 559. The van der Waals surface area contributed by atoms with Gasteiger partial charge in [0, 0.05) is 0 Å². The highest BCUT2D eigenvalue weighted by molar-refractivity contribution is 5.40. The molecule has 3 heteroatoms. The molecule has 18 heavy (non-hydrogen) atoms. The van der Waals surface area contributed by atoms with Crippen LogP contribution in [0.25, 0.3) is 0 Å². The van der Waals surface area contributed by atoms with E-state index in [-0.39, 0.29) is 5.82 Å². The summed E-state index contributed by atoms with van der Waals surface area (Å²) in [6.45, 7) is 5.96. The van der Waals surface area contributed by atoms with Crippen LogP contribution >= 0.6 is 0 Å². The molecule has 1 heterocycles. The molecule has 2 aromatic rings.